The molecule has 0 saturated heterocycles. The van der Waals surface area contributed by atoms with Crippen molar-refractivity contribution in [2.24, 2.45) is 5.92 Å². The molecule has 1 N–H and O–H groups in total. The molecule has 0 aromatic carbocycles. The fraction of sp³-hybridized carbons (Fsp3) is 0.615. The van der Waals surface area contributed by atoms with E-state index < -0.39 is 16.2 Å². The third-order valence-corrected chi connectivity index (χ3v) is 3.15. The van der Waals surface area contributed by atoms with Gasteiger partial charge >= 0.3 is 11.2 Å². The van der Waals surface area contributed by atoms with Gasteiger partial charge in [0.25, 0.3) is 0 Å². The SMILES string of the molecule is CC(CNC(C)(C)C)Cn1cc(Br)cc([N+](=O)[O-])c1=O. The molecule has 1 aromatic rings. The Labute approximate surface area is 126 Å². The van der Waals surface area contributed by atoms with Crippen molar-refractivity contribution in [3.63, 3.8) is 0 Å². The van der Waals surface area contributed by atoms with Gasteiger partial charge < -0.3 is 9.88 Å². The summed E-state index contributed by atoms with van der Waals surface area (Å²) >= 11 is 3.20. The van der Waals surface area contributed by atoms with Gasteiger partial charge in [-0.25, -0.2) is 0 Å². The second-order valence-corrected chi connectivity index (χ2v) is 6.91. The number of halogens is 1. The van der Waals surface area contributed by atoms with Crippen LogP contribution in [0.3, 0.4) is 0 Å². The number of nitrogens with zero attached hydrogens (tertiary/aromatic N) is 2. The lowest BCUT2D eigenvalue weighted by atomic mass is 10.1. The quantitative estimate of drug-likeness (QED) is 0.657. The molecule has 1 atom stereocenters. The third-order valence-electron chi connectivity index (χ3n) is 2.72. The van der Waals surface area contributed by atoms with Crippen LogP contribution < -0.4 is 10.9 Å². The Morgan fingerprint density at radius 2 is 2.10 bits per heavy atom. The van der Waals surface area contributed by atoms with E-state index in [0.717, 1.165) is 6.54 Å². The highest BCUT2D eigenvalue weighted by atomic mass is 79.9. The molecule has 112 valence electrons. The minimum atomic E-state index is -0.651. The average molecular weight is 346 g/mol. The Morgan fingerprint density at radius 1 is 1.50 bits per heavy atom. The average Bonchev–Trinajstić information content (AvgIpc) is 2.29. The zero-order chi connectivity index (χ0) is 15.5. The Balaban J connectivity index is 2.87. The van der Waals surface area contributed by atoms with Gasteiger partial charge in [-0.05, 0) is 49.2 Å². The Hall–Kier alpha value is -1.21. The molecule has 0 saturated carbocycles. The lowest BCUT2D eigenvalue weighted by Crippen LogP contribution is -2.40. The van der Waals surface area contributed by atoms with Crippen molar-refractivity contribution in [3.8, 4) is 0 Å². The number of hydrogen-bond donors (Lipinski definition) is 1. The second-order valence-electron chi connectivity index (χ2n) is 5.99. The van der Waals surface area contributed by atoms with Crippen molar-refractivity contribution in [1.82, 2.24) is 9.88 Å². The van der Waals surface area contributed by atoms with Crippen LogP contribution in [0.1, 0.15) is 27.7 Å². The summed E-state index contributed by atoms with van der Waals surface area (Å²) in [7, 11) is 0. The Morgan fingerprint density at radius 3 is 2.60 bits per heavy atom. The van der Waals surface area contributed by atoms with Gasteiger partial charge in [-0.1, -0.05) is 6.92 Å². The monoisotopic (exact) mass is 345 g/mol. The van der Waals surface area contributed by atoms with Gasteiger partial charge in [-0.15, -0.1) is 0 Å². The lowest BCUT2D eigenvalue weighted by molar-refractivity contribution is -0.386. The molecule has 0 amide bonds. The maximum absolute atomic E-state index is 12.0. The van der Waals surface area contributed by atoms with Crippen LogP contribution in [-0.4, -0.2) is 21.6 Å². The van der Waals surface area contributed by atoms with Crippen LogP contribution in [0, 0.1) is 16.0 Å². The van der Waals surface area contributed by atoms with Crippen molar-refractivity contribution in [3.05, 3.63) is 37.2 Å². The summed E-state index contributed by atoms with van der Waals surface area (Å²) in [6, 6.07) is 1.23. The van der Waals surface area contributed by atoms with E-state index in [0.29, 0.717) is 11.0 Å². The largest absolute Gasteiger partial charge is 0.335 e. The van der Waals surface area contributed by atoms with Crippen molar-refractivity contribution >= 4 is 21.6 Å². The normalized spacial score (nSPS) is 13.2. The lowest BCUT2D eigenvalue weighted by Gasteiger charge is -2.23. The molecule has 1 unspecified atom stereocenters. The molecule has 20 heavy (non-hydrogen) atoms. The first kappa shape index (κ1) is 16.8. The molecule has 1 heterocycles. The van der Waals surface area contributed by atoms with Gasteiger partial charge in [0.15, 0.2) is 0 Å². The van der Waals surface area contributed by atoms with Crippen LogP contribution in [0.25, 0.3) is 0 Å². The van der Waals surface area contributed by atoms with Gasteiger partial charge in [0, 0.05) is 28.8 Å². The van der Waals surface area contributed by atoms with Gasteiger partial charge in [-0.2, -0.15) is 0 Å². The topological polar surface area (TPSA) is 77.2 Å². The number of hydrogen-bond acceptors (Lipinski definition) is 4. The molecule has 0 fully saturated rings. The van der Waals surface area contributed by atoms with E-state index in [1.165, 1.54) is 10.6 Å². The molecule has 1 aromatic heterocycles. The predicted molar refractivity (Wildman–Crippen MR) is 82.0 cm³/mol. The third kappa shape index (κ3) is 5.05. The molecule has 0 aliphatic rings. The first-order valence-electron chi connectivity index (χ1n) is 6.39. The summed E-state index contributed by atoms with van der Waals surface area (Å²) in [6.07, 6.45) is 1.59. The number of aromatic nitrogens is 1. The number of rotatable bonds is 5. The molecule has 0 spiro atoms. The van der Waals surface area contributed by atoms with Crippen molar-refractivity contribution < 1.29 is 4.92 Å². The summed E-state index contributed by atoms with van der Waals surface area (Å²) in [4.78, 5) is 22.2. The van der Waals surface area contributed by atoms with Crippen molar-refractivity contribution in [1.29, 1.82) is 0 Å². The number of nitrogens with one attached hydrogen (secondary N) is 1. The first-order valence-corrected chi connectivity index (χ1v) is 7.19. The van der Waals surface area contributed by atoms with Crippen LogP contribution in [0.2, 0.25) is 0 Å². The Kier molecular flexibility index (Phi) is 5.47. The van der Waals surface area contributed by atoms with Crippen molar-refractivity contribution in [2.45, 2.75) is 39.8 Å². The van der Waals surface area contributed by atoms with E-state index in [1.807, 2.05) is 6.92 Å². The zero-order valence-corrected chi connectivity index (χ0v) is 13.7. The second kappa shape index (κ2) is 6.49. The van der Waals surface area contributed by atoms with Crippen LogP contribution in [-0.2, 0) is 6.54 Å². The summed E-state index contributed by atoms with van der Waals surface area (Å²) in [6.45, 7) is 9.36. The van der Waals surface area contributed by atoms with Gasteiger partial charge in [0.2, 0.25) is 0 Å². The van der Waals surface area contributed by atoms with Crippen LogP contribution in [0.5, 0.6) is 0 Å². The molecule has 1 rings (SSSR count). The van der Waals surface area contributed by atoms with E-state index in [-0.39, 0.29) is 11.5 Å². The smallest absolute Gasteiger partial charge is 0.312 e. The van der Waals surface area contributed by atoms with E-state index in [2.05, 4.69) is 42.0 Å². The number of nitro groups is 1. The molecule has 0 bridgehead atoms. The van der Waals surface area contributed by atoms with Crippen LogP contribution in [0.15, 0.2) is 21.5 Å². The highest BCUT2D eigenvalue weighted by Crippen LogP contribution is 2.14. The summed E-state index contributed by atoms with van der Waals surface area (Å²) in [5.74, 6) is 0.181. The number of pyridine rings is 1. The predicted octanol–water partition coefficient (Wildman–Crippen LogP) is 2.54. The molecule has 6 nitrogen and oxygen atoms in total. The van der Waals surface area contributed by atoms with E-state index in [4.69, 9.17) is 0 Å². The summed E-state index contributed by atoms with van der Waals surface area (Å²) in [5.41, 5.74) is -0.973. The molecule has 7 heteroatoms. The standard InChI is InChI=1S/C13H20BrN3O3/c1-9(6-15-13(2,3)4)7-16-8-10(14)5-11(12(16)18)17(19)20/h5,8-9,15H,6-7H2,1-4H3. The summed E-state index contributed by atoms with van der Waals surface area (Å²) < 4.78 is 1.91. The highest BCUT2D eigenvalue weighted by molar-refractivity contribution is 9.10. The maximum Gasteiger partial charge on any atom is 0.335 e. The van der Waals surface area contributed by atoms with Gasteiger partial charge in [-0.3, -0.25) is 14.9 Å². The fourth-order valence-electron chi connectivity index (χ4n) is 1.73. The van der Waals surface area contributed by atoms with Crippen molar-refractivity contribution in [2.75, 3.05) is 6.54 Å². The van der Waals surface area contributed by atoms with Gasteiger partial charge in [0.05, 0.1) is 4.92 Å². The Bertz CT molecular complexity index is 549. The molecular weight excluding hydrogens is 326 g/mol. The van der Waals surface area contributed by atoms with E-state index in [1.54, 1.807) is 6.20 Å². The summed E-state index contributed by atoms with van der Waals surface area (Å²) in [5, 5.41) is 14.2. The minimum Gasteiger partial charge on any atom is -0.312 e. The molecule has 0 aliphatic heterocycles. The van der Waals surface area contributed by atoms with Gasteiger partial charge in [0.1, 0.15) is 0 Å². The van der Waals surface area contributed by atoms with Crippen LogP contribution in [0.4, 0.5) is 5.69 Å². The van der Waals surface area contributed by atoms with Crippen LogP contribution >= 0.6 is 15.9 Å². The molecular formula is C13H20BrN3O3. The first-order chi connectivity index (χ1) is 9.10. The fourth-order valence-corrected chi connectivity index (χ4v) is 2.20. The highest BCUT2D eigenvalue weighted by Gasteiger charge is 2.18. The molecule has 0 aliphatic carbocycles. The molecule has 0 radical (unpaired) electrons. The minimum absolute atomic E-state index is 0.00247. The van der Waals surface area contributed by atoms with E-state index >= 15 is 0 Å². The maximum atomic E-state index is 12.0. The van der Waals surface area contributed by atoms with E-state index in [9.17, 15) is 14.9 Å². The zero-order valence-electron chi connectivity index (χ0n) is 12.1.